The van der Waals surface area contributed by atoms with Gasteiger partial charge in [0.15, 0.2) is 0 Å². The molecule has 0 radical (unpaired) electrons. The Labute approximate surface area is 132 Å². The van der Waals surface area contributed by atoms with Gasteiger partial charge in [-0.2, -0.15) is 0 Å². The van der Waals surface area contributed by atoms with E-state index in [1.807, 2.05) is 31.2 Å². The quantitative estimate of drug-likeness (QED) is 0.859. The summed E-state index contributed by atoms with van der Waals surface area (Å²) in [4.78, 5) is 6.67. The van der Waals surface area contributed by atoms with Crippen molar-refractivity contribution in [2.24, 2.45) is 0 Å². The third-order valence-corrected chi connectivity index (χ3v) is 3.05. The zero-order valence-electron chi connectivity index (χ0n) is 12.4. The van der Waals surface area contributed by atoms with Crippen LogP contribution >= 0.6 is 12.4 Å². The zero-order valence-corrected chi connectivity index (χ0v) is 13.2. The van der Waals surface area contributed by atoms with Gasteiger partial charge in [0.2, 0.25) is 0 Å². The molecule has 5 heteroatoms. The highest BCUT2D eigenvalue weighted by atomic mass is 35.5. The van der Waals surface area contributed by atoms with Gasteiger partial charge in [0.1, 0.15) is 5.82 Å². The van der Waals surface area contributed by atoms with E-state index >= 15 is 0 Å². The monoisotopic (exact) mass is 307 g/mol. The maximum Gasteiger partial charge on any atom is 0.128 e. The smallest absolute Gasteiger partial charge is 0.128 e. The maximum absolute atomic E-state index is 8.90. The molecule has 0 amide bonds. The molecule has 114 valence electrons. The van der Waals surface area contributed by atoms with Crippen LogP contribution in [0.2, 0.25) is 0 Å². The molecule has 0 saturated heterocycles. The maximum atomic E-state index is 8.90. The van der Waals surface area contributed by atoms with Crippen LogP contribution in [0.15, 0.2) is 42.5 Å². The highest BCUT2D eigenvalue weighted by molar-refractivity contribution is 5.85. The molecular weight excluding hydrogens is 286 g/mol. The Bertz CT molecular complexity index is 548. The average molecular weight is 308 g/mol. The van der Waals surface area contributed by atoms with E-state index in [4.69, 9.17) is 5.11 Å². The summed E-state index contributed by atoms with van der Waals surface area (Å²) < 4.78 is 0. The van der Waals surface area contributed by atoms with Crippen LogP contribution in [0.5, 0.6) is 0 Å². The van der Waals surface area contributed by atoms with Gasteiger partial charge in [0.05, 0.1) is 6.61 Å². The molecule has 0 aliphatic heterocycles. The second-order valence-corrected chi connectivity index (χ2v) is 4.58. The molecule has 21 heavy (non-hydrogen) atoms. The summed E-state index contributed by atoms with van der Waals surface area (Å²) in [5.41, 5.74) is 3.22. The minimum absolute atomic E-state index is 0. The summed E-state index contributed by atoms with van der Waals surface area (Å²) in [7, 11) is 0. The number of nitrogens with one attached hydrogen (secondary N) is 1. The van der Waals surface area contributed by atoms with E-state index < -0.39 is 0 Å². The molecule has 0 unspecified atom stereocenters. The number of aliphatic hydroxyl groups excluding tert-OH is 1. The highest BCUT2D eigenvalue weighted by Crippen LogP contribution is 2.27. The predicted molar refractivity (Wildman–Crippen MR) is 90.9 cm³/mol. The number of pyridine rings is 1. The van der Waals surface area contributed by atoms with Crippen molar-refractivity contribution in [3.63, 3.8) is 0 Å². The van der Waals surface area contributed by atoms with Crippen LogP contribution < -0.4 is 10.2 Å². The average Bonchev–Trinajstić information content (AvgIpc) is 2.46. The second-order valence-electron chi connectivity index (χ2n) is 4.58. The molecule has 0 fully saturated rings. The Morgan fingerprint density at radius 1 is 1.14 bits per heavy atom. The van der Waals surface area contributed by atoms with E-state index in [9.17, 15) is 0 Å². The Hall–Kier alpha value is -1.78. The van der Waals surface area contributed by atoms with E-state index in [0.717, 1.165) is 29.4 Å². The number of aryl methyl sites for hydroxylation is 1. The molecule has 0 atom stereocenters. The summed E-state index contributed by atoms with van der Waals surface area (Å²) in [6, 6.07) is 14.4. The first-order valence-electron chi connectivity index (χ1n) is 6.90. The first-order chi connectivity index (χ1) is 9.74. The van der Waals surface area contributed by atoms with Crippen LogP contribution in [-0.2, 0) is 0 Å². The number of anilines is 3. The molecule has 1 heterocycles. The second kappa shape index (κ2) is 8.49. The van der Waals surface area contributed by atoms with Gasteiger partial charge in [-0.3, -0.25) is 0 Å². The molecule has 1 aromatic carbocycles. The Balaban J connectivity index is 0.00000220. The normalized spacial score (nSPS) is 9.86. The molecule has 0 spiro atoms. The molecule has 0 saturated carbocycles. The van der Waals surface area contributed by atoms with Gasteiger partial charge >= 0.3 is 0 Å². The number of hydrogen-bond acceptors (Lipinski definition) is 4. The fourth-order valence-corrected chi connectivity index (χ4v) is 2.20. The van der Waals surface area contributed by atoms with Crippen molar-refractivity contribution in [2.45, 2.75) is 13.8 Å². The molecule has 2 aromatic rings. The van der Waals surface area contributed by atoms with Gasteiger partial charge in [-0.15, -0.1) is 12.4 Å². The number of hydrogen-bond donors (Lipinski definition) is 2. The van der Waals surface area contributed by atoms with Crippen molar-refractivity contribution in [3.8, 4) is 0 Å². The molecule has 0 aliphatic rings. The van der Waals surface area contributed by atoms with Crippen LogP contribution in [0.1, 0.15) is 12.6 Å². The van der Waals surface area contributed by atoms with Gasteiger partial charge in [0.25, 0.3) is 0 Å². The molecule has 1 aromatic heterocycles. The fraction of sp³-hybridized carbons (Fsp3) is 0.312. The number of nitrogens with zero attached hydrogens (tertiary/aromatic N) is 2. The van der Waals surface area contributed by atoms with Crippen LogP contribution in [0, 0.1) is 6.92 Å². The van der Waals surface area contributed by atoms with Gasteiger partial charge in [-0.25, -0.2) is 4.98 Å². The number of aliphatic hydroxyl groups is 1. The lowest BCUT2D eigenvalue weighted by atomic mass is 10.2. The van der Waals surface area contributed by atoms with E-state index in [1.165, 1.54) is 0 Å². The SMILES string of the molecule is CCN(c1ccccc1)c1cc(C)nc(NCCO)c1.Cl. The lowest BCUT2D eigenvalue weighted by molar-refractivity contribution is 0.311. The van der Waals surface area contributed by atoms with Crippen molar-refractivity contribution in [1.82, 2.24) is 4.98 Å². The Kier molecular flexibility index (Phi) is 6.99. The first-order valence-corrected chi connectivity index (χ1v) is 6.90. The van der Waals surface area contributed by atoms with E-state index in [1.54, 1.807) is 0 Å². The molecule has 2 N–H and O–H groups in total. The molecule has 4 nitrogen and oxygen atoms in total. The van der Waals surface area contributed by atoms with Gasteiger partial charge in [-0.05, 0) is 32.0 Å². The zero-order chi connectivity index (χ0) is 14.4. The molecule has 0 bridgehead atoms. The van der Waals surface area contributed by atoms with Crippen molar-refractivity contribution >= 4 is 29.6 Å². The number of para-hydroxylation sites is 1. The van der Waals surface area contributed by atoms with Crippen LogP contribution in [0.4, 0.5) is 17.2 Å². The Morgan fingerprint density at radius 2 is 1.86 bits per heavy atom. The molecule has 0 aliphatic carbocycles. The summed E-state index contributed by atoms with van der Waals surface area (Å²) in [5.74, 6) is 0.795. The van der Waals surface area contributed by atoms with Crippen molar-refractivity contribution < 1.29 is 5.11 Å². The van der Waals surface area contributed by atoms with Crippen molar-refractivity contribution in [2.75, 3.05) is 29.9 Å². The summed E-state index contributed by atoms with van der Waals surface area (Å²) in [5, 5.41) is 12.0. The third-order valence-electron chi connectivity index (χ3n) is 3.05. The summed E-state index contributed by atoms with van der Waals surface area (Å²) in [6.07, 6.45) is 0. The fourth-order valence-electron chi connectivity index (χ4n) is 2.20. The molecule has 2 rings (SSSR count). The van der Waals surface area contributed by atoms with Crippen LogP contribution in [0.25, 0.3) is 0 Å². The first kappa shape index (κ1) is 17.3. The van der Waals surface area contributed by atoms with E-state index in [-0.39, 0.29) is 19.0 Å². The Morgan fingerprint density at radius 3 is 2.48 bits per heavy atom. The minimum Gasteiger partial charge on any atom is -0.395 e. The topological polar surface area (TPSA) is 48.4 Å². The van der Waals surface area contributed by atoms with Gasteiger partial charge in [0, 0.05) is 36.2 Å². The van der Waals surface area contributed by atoms with Crippen molar-refractivity contribution in [3.05, 3.63) is 48.2 Å². The molecular formula is C16H22ClN3O. The lowest BCUT2D eigenvalue weighted by Gasteiger charge is -2.24. The van der Waals surface area contributed by atoms with E-state index in [0.29, 0.717) is 6.54 Å². The summed E-state index contributed by atoms with van der Waals surface area (Å²) in [6.45, 7) is 5.59. The lowest BCUT2D eigenvalue weighted by Crippen LogP contribution is -2.17. The largest absolute Gasteiger partial charge is 0.395 e. The number of rotatable bonds is 6. The minimum atomic E-state index is 0. The number of benzene rings is 1. The standard InChI is InChI=1S/C16H21N3O.ClH/c1-3-19(14-7-5-4-6-8-14)15-11-13(2)18-16(12-15)17-9-10-20;/h4-8,11-12,20H,3,9-10H2,1-2H3,(H,17,18);1H. The number of halogens is 1. The summed E-state index contributed by atoms with van der Waals surface area (Å²) >= 11 is 0. The van der Waals surface area contributed by atoms with Crippen LogP contribution in [-0.4, -0.2) is 29.8 Å². The van der Waals surface area contributed by atoms with Gasteiger partial charge in [-0.1, -0.05) is 18.2 Å². The number of aromatic nitrogens is 1. The van der Waals surface area contributed by atoms with Gasteiger partial charge < -0.3 is 15.3 Å². The third kappa shape index (κ3) is 4.62. The van der Waals surface area contributed by atoms with Crippen molar-refractivity contribution in [1.29, 1.82) is 0 Å². The van der Waals surface area contributed by atoms with E-state index in [2.05, 4.69) is 40.3 Å². The van der Waals surface area contributed by atoms with Crippen LogP contribution in [0.3, 0.4) is 0 Å². The predicted octanol–water partition coefficient (Wildman–Crippen LogP) is 3.37. The highest BCUT2D eigenvalue weighted by Gasteiger charge is 2.09.